The molecule has 0 unspecified atom stereocenters. The highest BCUT2D eigenvalue weighted by molar-refractivity contribution is 5.89. The van der Waals surface area contributed by atoms with Crippen LogP contribution < -0.4 is 20.3 Å². The van der Waals surface area contributed by atoms with Gasteiger partial charge in [-0.2, -0.15) is 5.26 Å². The summed E-state index contributed by atoms with van der Waals surface area (Å²) in [6.07, 6.45) is 4.98. The largest absolute Gasteiger partial charge is 0.494 e. The number of nitriles is 1. The number of nitrogens with zero attached hydrogens (tertiary/aromatic N) is 4. The number of piperidine rings is 1. The molecule has 1 aromatic heterocycles. The third kappa shape index (κ3) is 5.10. The Hall–Kier alpha value is -3.34. The fourth-order valence-electron chi connectivity index (χ4n) is 3.20. The van der Waals surface area contributed by atoms with Gasteiger partial charge in [-0.25, -0.2) is 14.8 Å². The molecule has 8 nitrogen and oxygen atoms in total. The van der Waals surface area contributed by atoms with Crippen molar-refractivity contribution in [3.63, 3.8) is 0 Å². The van der Waals surface area contributed by atoms with Crippen LogP contribution in [0.3, 0.4) is 0 Å². The summed E-state index contributed by atoms with van der Waals surface area (Å²) in [7, 11) is 0. The van der Waals surface area contributed by atoms with Crippen LogP contribution in [0.5, 0.6) is 5.75 Å². The maximum absolute atomic E-state index is 12.1. The van der Waals surface area contributed by atoms with Gasteiger partial charge in [-0.15, -0.1) is 0 Å². The van der Waals surface area contributed by atoms with Crippen molar-refractivity contribution in [3.05, 3.63) is 42.4 Å². The summed E-state index contributed by atoms with van der Waals surface area (Å²) in [5.74, 6) is 1.82. The van der Waals surface area contributed by atoms with Crippen LogP contribution in [0.15, 0.2) is 36.7 Å². The number of amides is 2. The molecule has 146 valence electrons. The predicted octanol–water partition coefficient (Wildman–Crippen LogP) is 2.79. The number of hydrogen-bond donors (Lipinski definition) is 2. The van der Waals surface area contributed by atoms with E-state index in [1.54, 1.807) is 6.20 Å². The van der Waals surface area contributed by atoms with Crippen LogP contribution in [-0.2, 0) is 0 Å². The first-order chi connectivity index (χ1) is 13.7. The predicted molar refractivity (Wildman–Crippen MR) is 106 cm³/mol. The summed E-state index contributed by atoms with van der Waals surface area (Å²) in [6, 6.07) is 9.17. The molecule has 28 heavy (non-hydrogen) atoms. The monoisotopic (exact) mass is 380 g/mol. The fraction of sp³-hybridized carbons (Fsp3) is 0.400. The summed E-state index contributed by atoms with van der Waals surface area (Å²) in [4.78, 5) is 22.6. The van der Waals surface area contributed by atoms with Crippen LogP contribution in [0.1, 0.15) is 25.5 Å². The van der Waals surface area contributed by atoms with Crippen molar-refractivity contribution in [2.24, 2.45) is 5.92 Å². The standard InChI is InChI=1S/C20H24N6O2/c1-2-28-17-5-3-16(4-6-17)25-20(27)24-14-15-7-11-26(12-8-15)19-18(13-21)22-9-10-23-19/h3-6,9-10,15H,2,7-8,11-12,14H2,1H3,(H2,24,25,27). The average Bonchev–Trinajstić information content (AvgIpc) is 2.74. The highest BCUT2D eigenvalue weighted by atomic mass is 16.5. The third-order valence-corrected chi connectivity index (χ3v) is 4.67. The zero-order valence-corrected chi connectivity index (χ0v) is 15.9. The number of anilines is 2. The number of carbonyl (C=O) groups excluding carboxylic acids is 1. The number of carbonyl (C=O) groups is 1. The Kier molecular flexibility index (Phi) is 6.63. The summed E-state index contributed by atoms with van der Waals surface area (Å²) < 4.78 is 5.39. The van der Waals surface area contributed by atoms with E-state index in [9.17, 15) is 4.79 Å². The number of hydrogen-bond acceptors (Lipinski definition) is 6. The molecule has 0 saturated carbocycles. The summed E-state index contributed by atoms with van der Waals surface area (Å²) in [6.45, 7) is 4.74. The molecule has 0 aliphatic carbocycles. The SMILES string of the molecule is CCOc1ccc(NC(=O)NCC2CCN(c3nccnc3C#N)CC2)cc1. The Balaban J connectivity index is 1.42. The molecule has 1 fully saturated rings. The van der Waals surface area contributed by atoms with Crippen molar-refractivity contribution >= 4 is 17.5 Å². The lowest BCUT2D eigenvalue weighted by atomic mass is 9.97. The van der Waals surface area contributed by atoms with E-state index in [4.69, 9.17) is 10.00 Å². The van der Waals surface area contributed by atoms with Crippen LogP contribution in [-0.4, -0.2) is 42.2 Å². The highest BCUT2D eigenvalue weighted by Crippen LogP contribution is 2.23. The second-order valence-corrected chi connectivity index (χ2v) is 6.56. The number of benzene rings is 1. The summed E-state index contributed by atoms with van der Waals surface area (Å²) >= 11 is 0. The van der Waals surface area contributed by atoms with Gasteiger partial charge in [-0.1, -0.05) is 0 Å². The molecule has 2 heterocycles. The van der Waals surface area contributed by atoms with Crippen LogP contribution in [0, 0.1) is 17.2 Å². The third-order valence-electron chi connectivity index (χ3n) is 4.67. The van der Waals surface area contributed by atoms with E-state index in [-0.39, 0.29) is 6.03 Å². The van der Waals surface area contributed by atoms with E-state index in [0.717, 1.165) is 37.4 Å². The van der Waals surface area contributed by atoms with E-state index in [1.165, 1.54) is 6.20 Å². The first-order valence-corrected chi connectivity index (χ1v) is 9.43. The van der Waals surface area contributed by atoms with Gasteiger partial charge in [0.1, 0.15) is 11.8 Å². The maximum atomic E-state index is 12.1. The molecule has 1 aliphatic heterocycles. The molecule has 2 N–H and O–H groups in total. The quantitative estimate of drug-likeness (QED) is 0.799. The number of urea groups is 1. The van der Waals surface area contributed by atoms with Gasteiger partial charge in [0.05, 0.1) is 6.61 Å². The second kappa shape index (κ2) is 9.55. The number of nitrogens with one attached hydrogen (secondary N) is 2. The highest BCUT2D eigenvalue weighted by Gasteiger charge is 2.22. The molecule has 0 atom stereocenters. The maximum Gasteiger partial charge on any atom is 0.319 e. The molecule has 0 spiro atoms. The van der Waals surface area contributed by atoms with Gasteiger partial charge in [0.25, 0.3) is 0 Å². The van der Waals surface area contributed by atoms with E-state index < -0.39 is 0 Å². The van der Waals surface area contributed by atoms with Crippen molar-refractivity contribution in [1.29, 1.82) is 5.26 Å². The van der Waals surface area contributed by atoms with E-state index in [2.05, 4.69) is 31.6 Å². The van der Waals surface area contributed by atoms with Crippen molar-refractivity contribution in [2.45, 2.75) is 19.8 Å². The van der Waals surface area contributed by atoms with Gasteiger partial charge in [-0.05, 0) is 49.9 Å². The van der Waals surface area contributed by atoms with Crippen molar-refractivity contribution in [1.82, 2.24) is 15.3 Å². The average molecular weight is 380 g/mol. The Morgan fingerprint density at radius 1 is 1.25 bits per heavy atom. The number of rotatable bonds is 6. The van der Waals surface area contributed by atoms with E-state index >= 15 is 0 Å². The molecule has 8 heteroatoms. The van der Waals surface area contributed by atoms with Gasteiger partial charge < -0.3 is 20.3 Å². The van der Waals surface area contributed by atoms with E-state index in [1.807, 2.05) is 31.2 Å². The smallest absolute Gasteiger partial charge is 0.319 e. The van der Waals surface area contributed by atoms with Gasteiger partial charge >= 0.3 is 6.03 Å². The molecule has 0 bridgehead atoms. The van der Waals surface area contributed by atoms with Gasteiger partial charge in [0, 0.05) is 37.7 Å². The number of aromatic nitrogens is 2. The lowest BCUT2D eigenvalue weighted by molar-refractivity contribution is 0.248. The molecule has 0 radical (unpaired) electrons. The molecule has 1 saturated heterocycles. The van der Waals surface area contributed by atoms with Crippen LogP contribution in [0.25, 0.3) is 0 Å². The molecular formula is C20H24N6O2. The summed E-state index contributed by atoms with van der Waals surface area (Å²) in [5, 5.41) is 14.9. The zero-order chi connectivity index (χ0) is 19.8. The van der Waals surface area contributed by atoms with Crippen LogP contribution in [0.4, 0.5) is 16.3 Å². The minimum Gasteiger partial charge on any atom is -0.494 e. The van der Waals surface area contributed by atoms with Gasteiger partial charge in [0.15, 0.2) is 11.5 Å². The topological polar surface area (TPSA) is 103 Å². The van der Waals surface area contributed by atoms with Crippen molar-refractivity contribution in [3.8, 4) is 11.8 Å². The normalized spacial score (nSPS) is 14.2. The van der Waals surface area contributed by atoms with Crippen LogP contribution in [0.2, 0.25) is 0 Å². The lowest BCUT2D eigenvalue weighted by Gasteiger charge is -2.32. The molecule has 2 amide bonds. The molecule has 3 rings (SSSR count). The molecule has 1 aromatic carbocycles. The zero-order valence-electron chi connectivity index (χ0n) is 15.9. The van der Waals surface area contributed by atoms with Crippen LogP contribution >= 0.6 is 0 Å². The van der Waals surface area contributed by atoms with E-state index in [0.29, 0.717) is 30.6 Å². The Bertz CT molecular complexity index is 825. The number of ether oxygens (including phenoxy) is 1. The Morgan fingerprint density at radius 2 is 1.96 bits per heavy atom. The molecular weight excluding hydrogens is 356 g/mol. The molecule has 1 aliphatic rings. The van der Waals surface area contributed by atoms with Gasteiger partial charge in [-0.3, -0.25) is 0 Å². The first kappa shape index (κ1) is 19.4. The second-order valence-electron chi connectivity index (χ2n) is 6.56. The summed E-state index contributed by atoms with van der Waals surface area (Å²) in [5.41, 5.74) is 1.08. The Labute approximate surface area is 164 Å². The minimum atomic E-state index is -0.215. The minimum absolute atomic E-state index is 0.215. The Morgan fingerprint density at radius 3 is 2.64 bits per heavy atom. The first-order valence-electron chi connectivity index (χ1n) is 9.43. The molecule has 2 aromatic rings. The van der Waals surface area contributed by atoms with Crippen molar-refractivity contribution in [2.75, 3.05) is 36.5 Å². The van der Waals surface area contributed by atoms with Crippen molar-refractivity contribution < 1.29 is 9.53 Å². The fourth-order valence-corrected chi connectivity index (χ4v) is 3.20. The van der Waals surface area contributed by atoms with Gasteiger partial charge in [0.2, 0.25) is 0 Å². The lowest BCUT2D eigenvalue weighted by Crippen LogP contribution is -2.40.